The maximum absolute atomic E-state index is 6.22. The van der Waals surface area contributed by atoms with E-state index >= 15 is 0 Å². The summed E-state index contributed by atoms with van der Waals surface area (Å²) < 4.78 is 7.43. The molecule has 3 heterocycles. The zero-order valence-corrected chi connectivity index (χ0v) is 18.2. The van der Waals surface area contributed by atoms with Gasteiger partial charge in [-0.15, -0.1) is 10.2 Å². The summed E-state index contributed by atoms with van der Waals surface area (Å²) in [5.74, 6) is 3.23. The summed E-state index contributed by atoms with van der Waals surface area (Å²) in [4.78, 5) is 6.74. The Morgan fingerprint density at radius 1 is 1.34 bits per heavy atom. The monoisotopic (exact) mass is 429 g/mol. The van der Waals surface area contributed by atoms with Crippen molar-refractivity contribution < 1.29 is 4.42 Å². The van der Waals surface area contributed by atoms with Gasteiger partial charge in [0.2, 0.25) is 5.82 Å². The Bertz CT molecular complexity index is 1030. The molecule has 29 heavy (non-hydrogen) atoms. The van der Waals surface area contributed by atoms with Crippen molar-refractivity contribution in [3.05, 3.63) is 46.9 Å². The molecule has 0 spiro atoms. The highest BCUT2D eigenvalue weighted by molar-refractivity contribution is 7.99. The zero-order chi connectivity index (χ0) is 20.0. The van der Waals surface area contributed by atoms with Gasteiger partial charge < -0.3 is 13.9 Å². The first-order chi connectivity index (χ1) is 14.1. The van der Waals surface area contributed by atoms with E-state index in [1.54, 1.807) is 11.8 Å². The van der Waals surface area contributed by atoms with Crippen molar-refractivity contribution in [1.82, 2.24) is 24.6 Å². The number of hydrogen-bond acceptors (Lipinski definition) is 6. The first-order valence-electron chi connectivity index (χ1n) is 9.98. The molecule has 6 nitrogen and oxygen atoms in total. The van der Waals surface area contributed by atoms with Gasteiger partial charge in [0.05, 0.1) is 5.69 Å². The van der Waals surface area contributed by atoms with E-state index in [1.165, 1.54) is 24.9 Å². The lowest BCUT2D eigenvalue weighted by atomic mass is 9.95. The quantitative estimate of drug-likeness (QED) is 0.414. The van der Waals surface area contributed by atoms with Crippen molar-refractivity contribution in [3.8, 4) is 11.6 Å². The van der Waals surface area contributed by atoms with Crippen LogP contribution in [0.1, 0.15) is 24.1 Å². The molecular formula is C21H24ClN5OS. The van der Waals surface area contributed by atoms with Crippen molar-refractivity contribution in [1.29, 1.82) is 0 Å². The maximum atomic E-state index is 6.22. The Labute approximate surface area is 179 Å². The number of aromatic nitrogens is 4. The van der Waals surface area contributed by atoms with Crippen molar-refractivity contribution in [3.63, 3.8) is 0 Å². The minimum absolute atomic E-state index is 0.353. The lowest BCUT2D eigenvalue weighted by molar-refractivity contribution is 0.299. The third-order valence-electron chi connectivity index (χ3n) is 6.25. The molecule has 2 atom stereocenters. The molecule has 0 N–H and O–H groups in total. The number of piperidine rings is 1. The number of oxazole rings is 1. The maximum Gasteiger partial charge on any atom is 0.202 e. The third kappa shape index (κ3) is 3.49. The number of fused-ring (bicyclic) bond motifs is 1. The number of thioether (sulfide) groups is 1. The highest BCUT2D eigenvalue weighted by atomic mass is 35.5. The minimum Gasteiger partial charge on any atom is -0.440 e. The Balaban J connectivity index is 1.13. The molecule has 1 aliphatic heterocycles. The second-order valence-corrected chi connectivity index (χ2v) is 9.64. The Morgan fingerprint density at radius 2 is 2.24 bits per heavy atom. The van der Waals surface area contributed by atoms with Crippen LogP contribution in [0.25, 0.3) is 11.6 Å². The van der Waals surface area contributed by atoms with Crippen LogP contribution in [-0.2, 0) is 12.5 Å². The van der Waals surface area contributed by atoms with Gasteiger partial charge in [0.25, 0.3) is 0 Å². The molecule has 152 valence electrons. The Morgan fingerprint density at radius 3 is 3.03 bits per heavy atom. The van der Waals surface area contributed by atoms with Crippen LogP contribution in [0.5, 0.6) is 0 Å². The minimum atomic E-state index is 0.353. The summed E-state index contributed by atoms with van der Waals surface area (Å²) in [7, 11) is 1.97. The molecular weight excluding hydrogens is 406 g/mol. The van der Waals surface area contributed by atoms with Crippen LogP contribution in [0.4, 0.5) is 0 Å². The van der Waals surface area contributed by atoms with Crippen molar-refractivity contribution >= 4 is 23.4 Å². The topological polar surface area (TPSA) is 60.0 Å². The Hall–Kier alpha value is -1.83. The molecule has 0 amide bonds. The molecule has 2 aromatic heterocycles. The molecule has 0 radical (unpaired) electrons. The first-order valence-corrected chi connectivity index (χ1v) is 11.3. The van der Waals surface area contributed by atoms with Gasteiger partial charge in [-0.05, 0) is 49.9 Å². The molecule has 1 aliphatic carbocycles. The van der Waals surface area contributed by atoms with E-state index in [2.05, 4.69) is 38.3 Å². The van der Waals surface area contributed by atoms with E-state index in [0.29, 0.717) is 11.2 Å². The third-order valence-corrected chi connectivity index (χ3v) is 7.59. The molecule has 1 saturated carbocycles. The van der Waals surface area contributed by atoms with E-state index in [-0.39, 0.29) is 0 Å². The lowest BCUT2D eigenvalue weighted by Crippen LogP contribution is -2.27. The molecule has 1 saturated heterocycles. The SMILES string of the molecule is Cc1ncoc1-c1nnc(SCCCN2C[C@H]3CC3(c3cccc(Cl)c3)C2)n1C. The van der Waals surface area contributed by atoms with Crippen molar-refractivity contribution in [2.75, 3.05) is 25.4 Å². The number of benzene rings is 1. The Kier molecular flexibility index (Phi) is 4.92. The number of halogens is 1. The first kappa shape index (κ1) is 19.2. The van der Waals surface area contributed by atoms with E-state index in [0.717, 1.165) is 52.9 Å². The largest absolute Gasteiger partial charge is 0.440 e. The predicted molar refractivity (Wildman–Crippen MR) is 114 cm³/mol. The molecule has 1 unspecified atom stereocenters. The lowest BCUT2D eigenvalue weighted by Gasteiger charge is -2.21. The van der Waals surface area contributed by atoms with Gasteiger partial charge in [-0.2, -0.15) is 0 Å². The number of nitrogens with zero attached hydrogens (tertiary/aromatic N) is 5. The second kappa shape index (κ2) is 7.45. The van der Waals surface area contributed by atoms with Gasteiger partial charge in [-0.3, -0.25) is 0 Å². The van der Waals surface area contributed by atoms with Crippen LogP contribution in [0.2, 0.25) is 5.02 Å². The molecule has 2 fully saturated rings. The summed E-state index contributed by atoms with van der Waals surface area (Å²) in [6.07, 6.45) is 3.89. The highest BCUT2D eigenvalue weighted by Gasteiger charge is 2.60. The summed E-state index contributed by atoms with van der Waals surface area (Å²) in [6.45, 7) is 5.40. The van der Waals surface area contributed by atoms with E-state index in [1.807, 2.05) is 24.6 Å². The fourth-order valence-electron chi connectivity index (χ4n) is 4.61. The van der Waals surface area contributed by atoms with Crippen LogP contribution in [0.3, 0.4) is 0 Å². The molecule has 0 bridgehead atoms. The fraction of sp³-hybridized carbons (Fsp3) is 0.476. The van der Waals surface area contributed by atoms with Crippen LogP contribution in [-0.4, -0.2) is 50.0 Å². The second-order valence-electron chi connectivity index (χ2n) is 8.14. The molecule has 5 rings (SSSR count). The summed E-state index contributed by atoms with van der Waals surface area (Å²) in [5, 5.41) is 10.4. The van der Waals surface area contributed by atoms with Gasteiger partial charge in [0.1, 0.15) is 0 Å². The number of aryl methyl sites for hydroxylation is 1. The normalized spacial score (nSPS) is 23.5. The van der Waals surface area contributed by atoms with Gasteiger partial charge in [-0.1, -0.05) is 35.5 Å². The van der Waals surface area contributed by atoms with Gasteiger partial charge in [0.15, 0.2) is 17.3 Å². The van der Waals surface area contributed by atoms with Crippen molar-refractivity contribution in [2.24, 2.45) is 13.0 Å². The van der Waals surface area contributed by atoms with Crippen molar-refractivity contribution in [2.45, 2.75) is 30.3 Å². The number of likely N-dealkylation sites (tertiary alicyclic amines) is 1. The molecule has 1 aromatic carbocycles. The molecule has 8 heteroatoms. The number of rotatable bonds is 7. The van der Waals surface area contributed by atoms with E-state index in [9.17, 15) is 0 Å². The zero-order valence-electron chi connectivity index (χ0n) is 16.6. The standard InChI is InChI=1S/C21H24ClN5OS/c1-14-18(28-13-23-14)19-24-25-20(26(19)2)29-8-4-7-27-11-16-10-21(16,12-27)15-5-3-6-17(22)9-15/h3,5-6,9,13,16H,4,7-8,10-12H2,1-2H3/t16-,21?/m1/s1. The average Bonchev–Trinajstić information content (AvgIpc) is 3.01. The molecule has 2 aliphatic rings. The van der Waals surface area contributed by atoms with Crippen LogP contribution in [0, 0.1) is 12.8 Å². The summed E-state index contributed by atoms with van der Waals surface area (Å²) in [6, 6.07) is 8.44. The van der Waals surface area contributed by atoms with E-state index < -0.39 is 0 Å². The van der Waals surface area contributed by atoms with E-state index in [4.69, 9.17) is 16.0 Å². The smallest absolute Gasteiger partial charge is 0.202 e. The predicted octanol–water partition coefficient (Wildman–Crippen LogP) is 4.19. The van der Waals surface area contributed by atoms with Gasteiger partial charge in [0, 0.05) is 36.3 Å². The fourth-order valence-corrected chi connectivity index (χ4v) is 5.63. The van der Waals surface area contributed by atoms with Crippen LogP contribution >= 0.6 is 23.4 Å². The van der Waals surface area contributed by atoms with Crippen LogP contribution in [0.15, 0.2) is 40.2 Å². The average molecular weight is 430 g/mol. The summed E-state index contributed by atoms with van der Waals surface area (Å²) in [5.41, 5.74) is 2.60. The number of hydrogen-bond donors (Lipinski definition) is 0. The van der Waals surface area contributed by atoms with Crippen LogP contribution < -0.4 is 0 Å². The van der Waals surface area contributed by atoms with Gasteiger partial charge in [-0.25, -0.2) is 4.98 Å². The highest BCUT2D eigenvalue weighted by Crippen LogP contribution is 2.59. The van der Waals surface area contributed by atoms with Gasteiger partial charge >= 0.3 is 0 Å². The summed E-state index contributed by atoms with van der Waals surface area (Å²) >= 11 is 7.96. The molecule has 3 aromatic rings.